The van der Waals surface area contributed by atoms with Crippen LogP contribution in [0.2, 0.25) is 0 Å². The molecule has 1 aliphatic rings. The van der Waals surface area contributed by atoms with Crippen molar-refractivity contribution in [3.8, 4) is 0 Å². The average molecular weight is 323 g/mol. The minimum Gasteiger partial charge on any atom is -0.395 e. The van der Waals surface area contributed by atoms with Crippen LogP contribution in [0.3, 0.4) is 0 Å². The van der Waals surface area contributed by atoms with Crippen molar-refractivity contribution >= 4 is 5.78 Å². The number of rotatable bonds is 4. The van der Waals surface area contributed by atoms with Crippen LogP contribution in [0.25, 0.3) is 0 Å². The van der Waals surface area contributed by atoms with Crippen LogP contribution >= 0.6 is 0 Å². The molecule has 24 heavy (non-hydrogen) atoms. The van der Waals surface area contributed by atoms with Crippen LogP contribution in [0, 0.1) is 19.8 Å². The Morgan fingerprint density at radius 2 is 1.67 bits per heavy atom. The van der Waals surface area contributed by atoms with Gasteiger partial charge in [-0.3, -0.25) is 4.79 Å². The van der Waals surface area contributed by atoms with Gasteiger partial charge in [0.2, 0.25) is 0 Å². The van der Waals surface area contributed by atoms with Crippen LogP contribution in [0.15, 0.2) is 48.5 Å². The first-order valence-electron chi connectivity index (χ1n) is 8.56. The lowest BCUT2D eigenvalue weighted by molar-refractivity contribution is 0.0658. The van der Waals surface area contributed by atoms with Gasteiger partial charge in [0.15, 0.2) is 5.78 Å². The molecule has 1 heterocycles. The summed E-state index contributed by atoms with van der Waals surface area (Å²) in [6.45, 7) is 5.46. The van der Waals surface area contributed by atoms with Gasteiger partial charge in [-0.2, -0.15) is 0 Å². The Hall–Kier alpha value is -1.97. The maximum absolute atomic E-state index is 13.2. The third-order valence-electron chi connectivity index (χ3n) is 5.32. The average Bonchev–Trinajstić information content (AvgIpc) is 2.62. The van der Waals surface area contributed by atoms with Crippen LogP contribution in [0.5, 0.6) is 0 Å². The lowest BCUT2D eigenvalue weighted by atomic mass is 9.64. The van der Waals surface area contributed by atoms with Gasteiger partial charge in [-0.25, -0.2) is 0 Å². The van der Waals surface area contributed by atoms with Crippen molar-refractivity contribution in [3.05, 3.63) is 70.8 Å². The van der Waals surface area contributed by atoms with E-state index in [9.17, 15) is 9.90 Å². The summed E-state index contributed by atoms with van der Waals surface area (Å²) in [5.74, 6) is -0.154. The minimum atomic E-state index is -0.513. The lowest BCUT2D eigenvalue weighted by Gasteiger charge is -2.43. The Balaban J connectivity index is 2.01. The monoisotopic (exact) mass is 323 g/mol. The topological polar surface area (TPSA) is 49.3 Å². The molecule has 3 heteroatoms. The molecular weight excluding hydrogens is 298 g/mol. The van der Waals surface area contributed by atoms with E-state index in [1.54, 1.807) is 0 Å². The van der Waals surface area contributed by atoms with E-state index in [0.29, 0.717) is 6.54 Å². The zero-order valence-electron chi connectivity index (χ0n) is 14.4. The minimum absolute atomic E-state index is 0.0139. The molecule has 0 saturated carbocycles. The Morgan fingerprint density at radius 3 is 2.25 bits per heavy atom. The zero-order chi connectivity index (χ0) is 17.2. The molecule has 2 N–H and O–H groups in total. The molecule has 0 aromatic heterocycles. The standard InChI is InChI=1S/C21H25NO2/c1-15-3-7-17(8-4-15)20(24)19-13-22-12-11-21(19,14-23)18-9-5-16(2)6-10-18/h3-10,19,22-23H,11-14H2,1-2H3. The second-order valence-electron chi connectivity index (χ2n) is 6.92. The number of carbonyl (C=O) groups is 1. The number of aryl methyl sites for hydroxylation is 2. The molecule has 3 nitrogen and oxygen atoms in total. The van der Waals surface area contributed by atoms with E-state index in [4.69, 9.17) is 0 Å². The summed E-state index contributed by atoms with van der Waals surface area (Å²) in [5.41, 5.74) is 3.59. The van der Waals surface area contributed by atoms with E-state index in [0.717, 1.165) is 29.7 Å². The molecule has 126 valence electrons. The number of nitrogens with one attached hydrogen (secondary N) is 1. The molecule has 1 aliphatic heterocycles. The van der Waals surface area contributed by atoms with Crippen LogP contribution in [0.1, 0.15) is 33.5 Å². The highest BCUT2D eigenvalue weighted by molar-refractivity contribution is 5.99. The van der Waals surface area contributed by atoms with E-state index in [1.807, 2.05) is 38.1 Å². The number of carbonyl (C=O) groups excluding carboxylic acids is 1. The van der Waals surface area contributed by atoms with Crippen molar-refractivity contribution in [3.63, 3.8) is 0 Å². The van der Waals surface area contributed by atoms with Crippen molar-refractivity contribution < 1.29 is 9.90 Å². The van der Waals surface area contributed by atoms with E-state index in [1.165, 1.54) is 5.56 Å². The maximum atomic E-state index is 13.2. The fourth-order valence-corrected chi connectivity index (χ4v) is 3.70. The molecule has 2 aromatic carbocycles. The number of hydrogen-bond acceptors (Lipinski definition) is 3. The largest absolute Gasteiger partial charge is 0.395 e. The van der Waals surface area contributed by atoms with Crippen molar-refractivity contribution in [2.75, 3.05) is 19.7 Å². The van der Waals surface area contributed by atoms with E-state index in [-0.39, 0.29) is 18.3 Å². The molecule has 0 radical (unpaired) electrons. The molecular formula is C21H25NO2. The van der Waals surface area contributed by atoms with E-state index < -0.39 is 5.41 Å². The summed E-state index contributed by atoms with van der Waals surface area (Å²) in [7, 11) is 0. The zero-order valence-corrected chi connectivity index (χ0v) is 14.4. The summed E-state index contributed by atoms with van der Waals surface area (Å²) >= 11 is 0. The van der Waals surface area contributed by atoms with Gasteiger partial charge in [0.05, 0.1) is 6.61 Å². The number of aliphatic hydroxyl groups is 1. The van der Waals surface area contributed by atoms with Crippen LogP contribution in [-0.4, -0.2) is 30.6 Å². The predicted octanol–water partition coefficient (Wildman–Crippen LogP) is 3.03. The van der Waals surface area contributed by atoms with Gasteiger partial charge in [-0.05, 0) is 32.4 Å². The third-order valence-corrected chi connectivity index (χ3v) is 5.32. The quantitative estimate of drug-likeness (QED) is 0.850. The highest BCUT2D eigenvalue weighted by atomic mass is 16.3. The van der Waals surface area contributed by atoms with Crippen LogP contribution < -0.4 is 5.32 Å². The van der Waals surface area contributed by atoms with Crippen molar-refractivity contribution in [1.82, 2.24) is 5.32 Å². The van der Waals surface area contributed by atoms with Gasteiger partial charge in [0, 0.05) is 23.4 Å². The predicted molar refractivity (Wildman–Crippen MR) is 96.4 cm³/mol. The molecule has 0 spiro atoms. The van der Waals surface area contributed by atoms with Crippen molar-refractivity contribution in [2.45, 2.75) is 25.7 Å². The van der Waals surface area contributed by atoms with E-state index in [2.05, 4.69) is 29.6 Å². The number of ketones is 1. The summed E-state index contributed by atoms with van der Waals surface area (Å²) in [6.07, 6.45) is 0.759. The molecule has 0 amide bonds. The van der Waals surface area contributed by atoms with Gasteiger partial charge < -0.3 is 10.4 Å². The van der Waals surface area contributed by atoms with Gasteiger partial charge in [0.1, 0.15) is 0 Å². The Bertz CT molecular complexity index is 706. The van der Waals surface area contributed by atoms with Gasteiger partial charge in [0.25, 0.3) is 0 Å². The lowest BCUT2D eigenvalue weighted by Crippen LogP contribution is -2.53. The Kier molecular flexibility index (Phi) is 4.83. The third kappa shape index (κ3) is 3.02. The Labute approximate surface area is 143 Å². The highest BCUT2D eigenvalue weighted by Gasteiger charge is 2.45. The number of Topliss-reactive ketones (excluding diaryl/α,β-unsaturated/α-hetero) is 1. The van der Waals surface area contributed by atoms with Crippen LogP contribution in [0.4, 0.5) is 0 Å². The normalized spacial score (nSPS) is 23.9. The number of aliphatic hydroxyl groups excluding tert-OH is 1. The molecule has 1 saturated heterocycles. The Morgan fingerprint density at radius 1 is 1.08 bits per heavy atom. The number of hydrogen-bond donors (Lipinski definition) is 2. The number of piperidine rings is 1. The first-order chi connectivity index (χ1) is 11.6. The van der Waals surface area contributed by atoms with Crippen molar-refractivity contribution in [1.29, 1.82) is 0 Å². The summed E-state index contributed by atoms with van der Waals surface area (Å²) < 4.78 is 0. The van der Waals surface area contributed by atoms with Crippen LogP contribution in [-0.2, 0) is 5.41 Å². The molecule has 0 bridgehead atoms. The first-order valence-corrected chi connectivity index (χ1v) is 8.56. The fourth-order valence-electron chi connectivity index (χ4n) is 3.70. The summed E-state index contributed by atoms with van der Waals surface area (Å²) in [6, 6.07) is 16.0. The molecule has 1 fully saturated rings. The molecule has 2 unspecified atom stereocenters. The second kappa shape index (κ2) is 6.88. The molecule has 2 aromatic rings. The molecule has 2 atom stereocenters. The summed E-state index contributed by atoms with van der Waals surface area (Å²) in [4.78, 5) is 13.2. The van der Waals surface area contributed by atoms with Gasteiger partial charge in [-0.15, -0.1) is 0 Å². The smallest absolute Gasteiger partial charge is 0.168 e. The maximum Gasteiger partial charge on any atom is 0.168 e. The van der Waals surface area contributed by atoms with Gasteiger partial charge >= 0.3 is 0 Å². The van der Waals surface area contributed by atoms with Gasteiger partial charge in [-0.1, -0.05) is 59.7 Å². The second-order valence-corrected chi connectivity index (χ2v) is 6.92. The molecule has 0 aliphatic carbocycles. The number of benzene rings is 2. The fraction of sp³-hybridized carbons (Fsp3) is 0.381. The first kappa shape index (κ1) is 16.9. The van der Waals surface area contributed by atoms with E-state index >= 15 is 0 Å². The van der Waals surface area contributed by atoms with Crippen molar-refractivity contribution in [2.24, 2.45) is 5.92 Å². The summed E-state index contributed by atoms with van der Waals surface area (Å²) in [5, 5.41) is 13.6. The highest BCUT2D eigenvalue weighted by Crippen LogP contribution is 2.39. The molecule has 3 rings (SSSR count). The SMILES string of the molecule is Cc1ccc(C(=O)C2CNCCC2(CO)c2ccc(C)cc2)cc1.